The van der Waals surface area contributed by atoms with E-state index >= 15 is 0 Å². The van der Waals surface area contributed by atoms with E-state index in [1.165, 1.54) is 6.07 Å². The molecule has 0 heterocycles. The maximum absolute atomic E-state index is 13.1. The lowest BCUT2D eigenvalue weighted by Gasteiger charge is -2.09. The summed E-state index contributed by atoms with van der Waals surface area (Å²) in [7, 11) is 0. The molecule has 0 spiro atoms. The van der Waals surface area contributed by atoms with Gasteiger partial charge in [0.1, 0.15) is 12.4 Å². The molecule has 1 aromatic rings. The molecule has 0 amide bonds. The second-order valence-electron chi connectivity index (χ2n) is 3.01. The molecule has 3 N–H and O–H groups in total. The van der Waals surface area contributed by atoms with Crippen molar-refractivity contribution >= 4 is 28.9 Å². The number of nitrogens with one attached hydrogen (secondary N) is 1. The molecule has 0 unspecified atom stereocenters. The zero-order chi connectivity index (χ0) is 12.1. The maximum atomic E-state index is 13.1. The molecular formula is C10H12ClFN2O2. The fraction of sp³-hybridized carbons (Fsp3) is 0.300. The van der Waals surface area contributed by atoms with Gasteiger partial charge >= 0.3 is 5.97 Å². The number of benzene rings is 1. The minimum atomic E-state index is -0.595. The highest BCUT2D eigenvalue weighted by atomic mass is 35.5. The van der Waals surface area contributed by atoms with Crippen molar-refractivity contribution in [1.29, 1.82) is 0 Å². The molecule has 0 bridgehead atoms. The zero-order valence-electron chi connectivity index (χ0n) is 8.72. The van der Waals surface area contributed by atoms with Gasteiger partial charge < -0.3 is 15.8 Å². The van der Waals surface area contributed by atoms with Gasteiger partial charge in [0.25, 0.3) is 0 Å². The largest absolute Gasteiger partial charge is 0.465 e. The van der Waals surface area contributed by atoms with Crippen LogP contribution in [0.25, 0.3) is 0 Å². The monoisotopic (exact) mass is 246 g/mol. The second-order valence-corrected chi connectivity index (χ2v) is 3.42. The van der Waals surface area contributed by atoms with E-state index in [-0.39, 0.29) is 17.3 Å². The van der Waals surface area contributed by atoms with Crippen LogP contribution in [0.5, 0.6) is 0 Å². The summed E-state index contributed by atoms with van der Waals surface area (Å²) in [5.74, 6) is -1.03. The number of anilines is 2. The summed E-state index contributed by atoms with van der Waals surface area (Å²) in [5.41, 5.74) is 6.17. The number of halogens is 2. The first-order valence-corrected chi connectivity index (χ1v) is 5.06. The van der Waals surface area contributed by atoms with Crippen molar-refractivity contribution in [2.24, 2.45) is 0 Å². The van der Waals surface area contributed by atoms with Crippen LogP contribution in [0.3, 0.4) is 0 Å². The Balaban J connectivity index is 2.67. The van der Waals surface area contributed by atoms with Crippen molar-refractivity contribution in [3.63, 3.8) is 0 Å². The van der Waals surface area contributed by atoms with E-state index in [9.17, 15) is 9.18 Å². The number of ether oxygens (including phenoxy) is 1. The molecule has 6 heteroatoms. The summed E-state index contributed by atoms with van der Waals surface area (Å²) in [4.78, 5) is 11.0. The van der Waals surface area contributed by atoms with E-state index in [1.54, 1.807) is 6.92 Å². The summed E-state index contributed by atoms with van der Waals surface area (Å²) in [5, 5.41) is 2.61. The van der Waals surface area contributed by atoms with Crippen molar-refractivity contribution in [2.45, 2.75) is 6.92 Å². The first-order chi connectivity index (χ1) is 7.54. The van der Waals surface area contributed by atoms with Crippen LogP contribution >= 0.6 is 11.6 Å². The van der Waals surface area contributed by atoms with Gasteiger partial charge in [-0.25, -0.2) is 4.39 Å². The molecule has 0 atom stereocenters. The molecule has 4 nitrogen and oxygen atoms in total. The summed E-state index contributed by atoms with van der Waals surface area (Å²) in [6, 6.07) is 2.42. The number of carbonyl (C=O) groups excluding carboxylic acids is 1. The van der Waals surface area contributed by atoms with E-state index in [1.807, 2.05) is 0 Å². The predicted octanol–water partition coefficient (Wildman–Crippen LogP) is 2.04. The van der Waals surface area contributed by atoms with Crippen molar-refractivity contribution in [3.8, 4) is 0 Å². The first kappa shape index (κ1) is 12.6. The molecule has 88 valence electrons. The molecule has 1 rings (SSSR count). The molecular weight excluding hydrogens is 235 g/mol. The van der Waals surface area contributed by atoms with E-state index < -0.39 is 11.8 Å². The van der Waals surface area contributed by atoms with E-state index in [0.29, 0.717) is 12.3 Å². The molecule has 0 aromatic heterocycles. The molecule has 0 aliphatic heterocycles. The summed E-state index contributed by atoms with van der Waals surface area (Å²) < 4.78 is 17.8. The Morgan fingerprint density at radius 2 is 2.31 bits per heavy atom. The van der Waals surface area contributed by atoms with Gasteiger partial charge in [0.05, 0.1) is 23.0 Å². The summed E-state index contributed by atoms with van der Waals surface area (Å²) in [6.45, 7) is 1.93. The molecule has 0 radical (unpaired) electrons. The first-order valence-electron chi connectivity index (χ1n) is 4.68. The van der Waals surface area contributed by atoms with Crippen LogP contribution in [-0.2, 0) is 9.53 Å². The number of nitrogens with two attached hydrogens (primary N) is 1. The molecule has 1 aromatic carbocycles. The third kappa shape index (κ3) is 3.27. The van der Waals surface area contributed by atoms with Gasteiger partial charge in [-0.3, -0.25) is 4.79 Å². The average Bonchev–Trinajstić information content (AvgIpc) is 2.22. The molecule has 0 aliphatic rings. The number of esters is 1. The third-order valence-corrected chi connectivity index (χ3v) is 2.11. The van der Waals surface area contributed by atoms with E-state index in [4.69, 9.17) is 22.1 Å². The predicted molar refractivity (Wildman–Crippen MR) is 60.9 cm³/mol. The zero-order valence-corrected chi connectivity index (χ0v) is 9.47. The van der Waals surface area contributed by atoms with Gasteiger partial charge in [0, 0.05) is 6.07 Å². The van der Waals surface area contributed by atoms with Crippen LogP contribution in [-0.4, -0.2) is 19.1 Å². The standard InChI is InChI=1S/C10H12ClFN2O2/c1-2-16-10(15)5-14-9-4-7(12)6(11)3-8(9)13/h3-4,14H,2,5,13H2,1H3. The third-order valence-electron chi connectivity index (χ3n) is 1.82. The van der Waals surface area contributed by atoms with Crippen molar-refractivity contribution in [3.05, 3.63) is 23.0 Å². The molecule has 0 saturated heterocycles. The Bertz CT molecular complexity index is 399. The Labute approximate surface area is 97.5 Å². The van der Waals surface area contributed by atoms with Crippen LogP contribution in [0.4, 0.5) is 15.8 Å². The lowest BCUT2D eigenvalue weighted by molar-refractivity contribution is -0.140. The van der Waals surface area contributed by atoms with E-state index in [2.05, 4.69) is 5.32 Å². The number of hydrogen-bond acceptors (Lipinski definition) is 4. The SMILES string of the molecule is CCOC(=O)CNc1cc(F)c(Cl)cc1N. The van der Waals surface area contributed by atoms with Gasteiger partial charge in [-0.2, -0.15) is 0 Å². The van der Waals surface area contributed by atoms with Crippen molar-refractivity contribution in [1.82, 2.24) is 0 Å². The van der Waals surface area contributed by atoms with Crippen molar-refractivity contribution in [2.75, 3.05) is 24.2 Å². The van der Waals surface area contributed by atoms with Crippen LogP contribution in [0.2, 0.25) is 5.02 Å². The summed E-state index contributed by atoms with van der Waals surface area (Å²) in [6.07, 6.45) is 0. The van der Waals surface area contributed by atoms with Gasteiger partial charge in [-0.15, -0.1) is 0 Å². The van der Waals surface area contributed by atoms with Gasteiger partial charge in [0.2, 0.25) is 0 Å². The maximum Gasteiger partial charge on any atom is 0.325 e. The molecule has 0 fully saturated rings. The fourth-order valence-electron chi connectivity index (χ4n) is 1.09. The number of nitrogen functional groups attached to an aromatic ring is 1. The molecule has 0 aliphatic carbocycles. The van der Waals surface area contributed by atoms with Crippen molar-refractivity contribution < 1.29 is 13.9 Å². The highest BCUT2D eigenvalue weighted by Gasteiger charge is 2.08. The smallest absolute Gasteiger partial charge is 0.325 e. The van der Waals surface area contributed by atoms with Gasteiger partial charge in [0.15, 0.2) is 0 Å². The Morgan fingerprint density at radius 3 is 2.94 bits per heavy atom. The van der Waals surface area contributed by atoms with Crippen LogP contribution in [0.15, 0.2) is 12.1 Å². The number of carbonyl (C=O) groups is 1. The Morgan fingerprint density at radius 1 is 1.62 bits per heavy atom. The highest BCUT2D eigenvalue weighted by molar-refractivity contribution is 6.31. The van der Waals surface area contributed by atoms with E-state index in [0.717, 1.165) is 6.07 Å². The average molecular weight is 247 g/mol. The van der Waals surface area contributed by atoms with Crippen LogP contribution in [0.1, 0.15) is 6.92 Å². The highest BCUT2D eigenvalue weighted by Crippen LogP contribution is 2.25. The molecule has 16 heavy (non-hydrogen) atoms. The minimum absolute atomic E-state index is 0.0563. The topological polar surface area (TPSA) is 64.3 Å². The number of rotatable bonds is 4. The second kappa shape index (κ2) is 5.55. The molecule has 0 saturated carbocycles. The Hall–Kier alpha value is -1.49. The lowest BCUT2D eigenvalue weighted by Crippen LogP contribution is -2.17. The normalized spacial score (nSPS) is 9.94. The van der Waals surface area contributed by atoms with Gasteiger partial charge in [-0.1, -0.05) is 11.6 Å². The minimum Gasteiger partial charge on any atom is -0.465 e. The number of hydrogen-bond donors (Lipinski definition) is 2. The van der Waals surface area contributed by atoms with Crippen LogP contribution in [0, 0.1) is 5.82 Å². The van der Waals surface area contributed by atoms with Gasteiger partial charge in [-0.05, 0) is 13.0 Å². The summed E-state index contributed by atoms with van der Waals surface area (Å²) >= 11 is 5.52. The Kier molecular flexibility index (Phi) is 4.37. The van der Waals surface area contributed by atoms with Crippen LogP contribution < -0.4 is 11.1 Å². The lowest BCUT2D eigenvalue weighted by atomic mass is 10.2. The quantitative estimate of drug-likeness (QED) is 0.630. The fourth-order valence-corrected chi connectivity index (χ4v) is 1.27.